The summed E-state index contributed by atoms with van der Waals surface area (Å²) in [6.07, 6.45) is 1.64. The smallest absolute Gasteiger partial charge is 0.234 e. The van der Waals surface area contributed by atoms with Gasteiger partial charge in [-0.15, -0.1) is 0 Å². The summed E-state index contributed by atoms with van der Waals surface area (Å²) in [7, 11) is -3.53. The van der Waals surface area contributed by atoms with Gasteiger partial charge in [-0.2, -0.15) is 0 Å². The average Bonchev–Trinajstić information content (AvgIpc) is 3.37. The highest BCUT2D eigenvalue weighted by Crippen LogP contribution is 2.39. The van der Waals surface area contributed by atoms with Crippen LogP contribution in [0.4, 0.5) is 26.8 Å². The van der Waals surface area contributed by atoms with Crippen LogP contribution in [0.5, 0.6) is 0 Å². The van der Waals surface area contributed by atoms with Crippen LogP contribution in [0, 0.1) is 5.82 Å². The number of nitrogens with one attached hydrogen (secondary N) is 2. The van der Waals surface area contributed by atoms with Gasteiger partial charge in [-0.3, -0.25) is 9.62 Å². The van der Waals surface area contributed by atoms with Crippen molar-refractivity contribution >= 4 is 43.8 Å². The summed E-state index contributed by atoms with van der Waals surface area (Å²) in [5.41, 5.74) is 3.74. The Balaban J connectivity index is 1.37. The number of thiazole rings is 1. The van der Waals surface area contributed by atoms with E-state index in [4.69, 9.17) is 0 Å². The predicted octanol–water partition coefficient (Wildman–Crippen LogP) is 5.44. The lowest BCUT2D eigenvalue weighted by Gasteiger charge is -2.38. The molecule has 0 saturated carbocycles. The van der Waals surface area contributed by atoms with Gasteiger partial charge in [-0.05, 0) is 75.4 Å². The average molecular weight is 582 g/mol. The van der Waals surface area contributed by atoms with Crippen molar-refractivity contribution in [2.45, 2.75) is 26.8 Å². The van der Waals surface area contributed by atoms with Gasteiger partial charge in [0.25, 0.3) is 0 Å². The van der Waals surface area contributed by atoms with Gasteiger partial charge in [-0.25, -0.2) is 27.8 Å². The SMILES string of the molecule is CCS(=O)(=O)Nc1nc(-c2ccc(F)cc2)c(-c2ccnc(Nc3ccc(N4CCN(C(C)C)CC4)cc3)n2)s1. The lowest BCUT2D eigenvalue weighted by molar-refractivity contribution is 0.209. The highest BCUT2D eigenvalue weighted by atomic mass is 32.2. The summed E-state index contributed by atoms with van der Waals surface area (Å²) in [5, 5.41) is 3.48. The molecule has 0 unspecified atom stereocenters. The molecule has 0 amide bonds. The number of hydrogen-bond acceptors (Lipinski definition) is 9. The van der Waals surface area contributed by atoms with Gasteiger partial charge in [0.15, 0.2) is 5.13 Å². The van der Waals surface area contributed by atoms with Crippen LogP contribution in [-0.2, 0) is 10.0 Å². The van der Waals surface area contributed by atoms with E-state index in [1.165, 1.54) is 29.2 Å². The fourth-order valence-corrected chi connectivity index (χ4v) is 6.28. The summed E-state index contributed by atoms with van der Waals surface area (Å²) < 4.78 is 40.5. The first-order chi connectivity index (χ1) is 19.2. The summed E-state index contributed by atoms with van der Waals surface area (Å²) in [4.78, 5) is 19.1. The maximum absolute atomic E-state index is 13.6. The number of nitrogens with zero attached hydrogens (tertiary/aromatic N) is 5. The maximum Gasteiger partial charge on any atom is 0.234 e. The third-order valence-corrected chi connectivity index (χ3v) is 9.18. The van der Waals surface area contributed by atoms with E-state index in [-0.39, 0.29) is 16.7 Å². The highest BCUT2D eigenvalue weighted by Gasteiger charge is 2.21. The van der Waals surface area contributed by atoms with Crippen molar-refractivity contribution in [2.75, 3.05) is 46.9 Å². The molecule has 4 aromatic rings. The van der Waals surface area contributed by atoms with E-state index in [0.29, 0.717) is 33.8 Å². The van der Waals surface area contributed by atoms with Crippen molar-refractivity contribution in [3.05, 3.63) is 66.6 Å². The van der Waals surface area contributed by atoms with E-state index in [9.17, 15) is 12.8 Å². The first-order valence-corrected chi connectivity index (χ1v) is 15.6. The molecule has 210 valence electrons. The minimum atomic E-state index is -3.53. The minimum absolute atomic E-state index is 0.0810. The third kappa shape index (κ3) is 6.57. The van der Waals surface area contributed by atoms with E-state index in [1.54, 1.807) is 31.3 Å². The summed E-state index contributed by atoms with van der Waals surface area (Å²) in [6, 6.07) is 16.4. The molecular formula is C28H32FN7O2S2. The van der Waals surface area contributed by atoms with Crippen LogP contribution in [0.1, 0.15) is 20.8 Å². The number of benzene rings is 2. The van der Waals surface area contributed by atoms with Crippen LogP contribution in [0.3, 0.4) is 0 Å². The fraction of sp³-hybridized carbons (Fsp3) is 0.321. The monoisotopic (exact) mass is 581 g/mol. The molecule has 1 aliphatic heterocycles. The number of aromatic nitrogens is 3. The summed E-state index contributed by atoms with van der Waals surface area (Å²) >= 11 is 1.17. The van der Waals surface area contributed by atoms with Crippen LogP contribution in [0.15, 0.2) is 60.8 Å². The van der Waals surface area contributed by atoms with Gasteiger partial charge in [0.05, 0.1) is 22.0 Å². The number of hydrogen-bond donors (Lipinski definition) is 2. The molecule has 12 heteroatoms. The van der Waals surface area contributed by atoms with Crippen molar-refractivity contribution < 1.29 is 12.8 Å². The van der Waals surface area contributed by atoms with Crippen molar-refractivity contribution in [3.8, 4) is 21.8 Å². The molecule has 0 aliphatic carbocycles. The normalized spacial score (nSPS) is 14.5. The summed E-state index contributed by atoms with van der Waals surface area (Å²) in [5.74, 6) is -0.0581. The Kier molecular flexibility index (Phi) is 8.29. The molecule has 2 aromatic carbocycles. The molecule has 0 bridgehead atoms. The van der Waals surface area contributed by atoms with Crippen molar-refractivity contribution in [2.24, 2.45) is 0 Å². The number of sulfonamides is 1. The van der Waals surface area contributed by atoms with Crippen LogP contribution in [0.25, 0.3) is 21.8 Å². The second kappa shape index (κ2) is 11.9. The van der Waals surface area contributed by atoms with Crippen molar-refractivity contribution in [3.63, 3.8) is 0 Å². The first-order valence-electron chi connectivity index (χ1n) is 13.2. The van der Waals surface area contributed by atoms with Gasteiger partial charge in [-0.1, -0.05) is 11.3 Å². The van der Waals surface area contributed by atoms with Gasteiger partial charge in [0.1, 0.15) is 5.82 Å². The Morgan fingerprint density at radius 3 is 2.33 bits per heavy atom. The van der Waals surface area contributed by atoms with Gasteiger partial charge < -0.3 is 10.2 Å². The number of halogens is 1. The second-order valence-electron chi connectivity index (χ2n) is 9.76. The molecule has 1 saturated heterocycles. The maximum atomic E-state index is 13.6. The van der Waals surface area contributed by atoms with E-state index < -0.39 is 10.0 Å². The molecule has 0 atom stereocenters. The Morgan fingerprint density at radius 2 is 1.68 bits per heavy atom. The van der Waals surface area contributed by atoms with Gasteiger partial charge in [0, 0.05) is 55.4 Å². The van der Waals surface area contributed by atoms with E-state index in [0.717, 1.165) is 31.9 Å². The molecule has 2 aromatic heterocycles. The van der Waals surface area contributed by atoms with E-state index >= 15 is 0 Å². The number of rotatable bonds is 9. The van der Waals surface area contributed by atoms with Gasteiger partial charge in [0.2, 0.25) is 16.0 Å². The van der Waals surface area contributed by atoms with Crippen LogP contribution >= 0.6 is 11.3 Å². The number of anilines is 4. The zero-order chi connectivity index (χ0) is 28.3. The molecule has 1 fully saturated rings. The highest BCUT2D eigenvalue weighted by molar-refractivity contribution is 7.92. The lowest BCUT2D eigenvalue weighted by atomic mass is 10.1. The molecule has 5 rings (SSSR count). The van der Waals surface area contributed by atoms with Gasteiger partial charge >= 0.3 is 0 Å². The molecular weight excluding hydrogens is 549 g/mol. The van der Waals surface area contributed by atoms with Crippen molar-refractivity contribution in [1.82, 2.24) is 19.9 Å². The first kappa shape index (κ1) is 27.9. The molecule has 2 N–H and O–H groups in total. The summed E-state index contributed by atoms with van der Waals surface area (Å²) in [6.45, 7) is 10.1. The van der Waals surface area contributed by atoms with Crippen LogP contribution < -0.4 is 14.9 Å². The van der Waals surface area contributed by atoms with E-state index in [2.05, 4.69) is 60.8 Å². The molecule has 0 spiro atoms. The largest absolute Gasteiger partial charge is 0.369 e. The fourth-order valence-electron chi connectivity index (χ4n) is 4.47. The Labute approximate surface area is 238 Å². The minimum Gasteiger partial charge on any atom is -0.369 e. The van der Waals surface area contributed by atoms with Crippen LogP contribution in [-0.4, -0.2) is 66.2 Å². The topological polar surface area (TPSA) is 103 Å². The quantitative estimate of drug-likeness (QED) is 0.269. The van der Waals surface area contributed by atoms with Crippen LogP contribution in [0.2, 0.25) is 0 Å². The lowest BCUT2D eigenvalue weighted by Crippen LogP contribution is -2.48. The van der Waals surface area contributed by atoms with E-state index in [1.807, 2.05) is 12.1 Å². The molecule has 0 radical (unpaired) electrons. The molecule has 3 heterocycles. The Bertz CT molecular complexity index is 1550. The molecule has 9 nitrogen and oxygen atoms in total. The second-order valence-corrected chi connectivity index (χ2v) is 12.8. The zero-order valence-corrected chi connectivity index (χ0v) is 24.3. The molecule has 40 heavy (non-hydrogen) atoms. The number of piperazine rings is 1. The Morgan fingerprint density at radius 1 is 0.975 bits per heavy atom. The van der Waals surface area contributed by atoms with Crippen molar-refractivity contribution in [1.29, 1.82) is 0 Å². The Hall–Kier alpha value is -3.61. The predicted molar refractivity (Wildman–Crippen MR) is 160 cm³/mol. The molecule has 1 aliphatic rings. The zero-order valence-electron chi connectivity index (χ0n) is 22.6. The standard InChI is InChI=1S/C28H32FN7O2S2/c1-4-40(37,38)34-28-33-25(20-5-7-21(29)8-6-20)26(39-28)24-13-14-30-27(32-24)31-22-9-11-23(12-10-22)36-17-15-35(16-18-36)19(2)3/h5-14,19H,4,15-18H2,1-3H3,(H,33,34)(H,30,31,32). The third-order valence-electron chi connectivity index (χ3n) is 6.79.